The predicted octanol–water partition coefficient (Wildman–Crippen LogP) is 3.59. The Morgan fingerprint density at radius 1 is 0.941 bits per heavy atom. The molecule has 2 heteroatoms. The second-order valence-corrected chi connectivity index (χ2v) is 4.23. The van der Waals surface area contributed by atoms with Crippen molar-refractivity contribution in [1.82, 2.24) is 0 Å². The molecule has 0 bridgehead atoms. The summed E-state index contributed by atoms with van der Waals surface area (Å²) in [7, 11) is 0. The van der Waals surface area contributed by atoms with Crippen LogP contribution in [0.2, 0.25) is 0 Å². The van der Waals surface area contributed by atoms with Crippen molar-refractivity contribution >= 4 is 0 Å². The van der Waals surface area contributed by atoms with Crippen molar-refractivity contribution in [2.24, 2.45) is 0 Å². The normalized spacial score (nSPS) is 10.2. The number of ether oxygens (including phenoxy) is 1. The summed E-state index contributed by atoms with van der Waals surface area (Å²) in [6.07, 6.45) is 0. The Kier molecular flexibility index (Phi) is 3.33. The Bertz CT molecular complexity index is 501. The second kappa shape index (κ2) is 4.91. The van der Waals surface area contributed by atoms with Crippen molar-refractivity contribution < 1.29 is 9.84 Å². The molecule has 0 atom stereocenters. The molecule has 0 aliphatic carbocycles. The van der Waals surface area contributed by atoms with E-state index in [9.17, 15) is 5.11 Å². The van der Waals surface area contributed by atoms with E-state index in [1.165, 1.54) is 5.56 Å². The lowest BCUT2D eigenvalue weighted by molar-refractivity contribution is 0.299. The molecule has 88 valence electrons. The monoisotopic (exact) mass is 228 g/mol. The summed E-state index contributed by atoms with van der Waals surface area (Å²) in [5, 5.41) is 9.73. The lowest BCUT2D eigenvalue weighted by Gasteiger charge is -2.08. The van der Waals surface area contributed by atoms with E-state index in [0.717, 1.165) is 16.9 Å². The molecule has 2 nitrogen and oxygen atoms in total. The van der Waals surface area contributed by atoms with Gasteiger partial charge in [-0.1, -0.05) is 29.8 Å². The molecule has 2 aromatic rings. The zero-order chi connectivity index (χ0) is 12.3. The number of rotatable bonds is 3. The summed E-state index contributed by atoms with van der Waals surface area (Å²) in [6, 6.07) is 13.5. The van der Waals surface area contributed by atoms with Gasteiger partial charge in [0.05, 0.1) is 0 Å². The third-order valence-corrected chi connectivity index (χ3v) is 2.66. The topological polar surface area (TPSA) is 29.5 Å². The van der Waals surface area contributed by atoms with E-state index in [2.05, 4.69) is 0 Å². The number of hydrogen-bond donors (Lipinski definition) is 1. The molecule has 0 spiro atoms. The quantitative estimate of drug-likeness (QED) is 0.870. The Balaban J connectivity index is 2.04. The van der Waals surface area contributed by atoms with Crippen molar-refractivity contribution in [3.05, 3.63) is 59.2 Å². The third-order valence-electron chi connectivity index (χ3n) is 2.66. The first-order valence-corrected chi connectivity index (χ1v) is 5.63. The highest BCUT2D eigenvalue weighted by molar-refractivity contribution is 5.36. The van der Waals surface area contributed by atoms with Crippen LogP contribution in [-0.4, -0.2) is 5.11 Å². The van der Waals surface area contributed by atoms with Crippen LogP contribution in [0.5, 0.6) is 11.5 Å². The Morgan fingerprint density at radius 2 is 1.59 bits per heavy atom. The van der Waals surface area contributed by atoms with Crippen molar-refractivity contribution in [3.63, 3.8) is 0 Å². The molecule has 1 N–H and O–H groups in total. The summed E-state index contributed by atoms with van der Waals surface area (Å²) >= 11 is 0. The van der Waals surface area contributed by atoms with E-state index in [1.54, 1.807) is 6.07 Å². The number of aryl methyl sites for hydroxylation is 2. The lowest BCUT2D eigenvalue weighted by Crippen LogP contribution is -1.96. The molecule has 2 rings (SSSR count). The van der Waals surface area contributed by atoms with Gasteiger partial charge in [0.2, 0.25) is 0 Å². The molecule has 2 aromatic carbocycles. The van der Waals surface area contributed by atoms with Crippen LogP contribution in [-0.2, 0) is 6.61 Å². The molecule has 17 heavy (non-hydrogen) atoms. The van der Waals surface area contributed by atoms with Gasteiger partial charge in [0.25, 0.3) is 0 Å². The molecule has 0 aromatic heterocycles. The van der Waals surface area contributed by atoms with Crippen molar-refractivity contribution in [2.75, 3.05) is 0 Å². The largest absolute Gasteiger partial charge is 0.508 e. The Morgan fingerprint density at radius 3 is 2.24 bits per heavy atom. The average molecular weight is 228 g/mol. The fourth-order valence-corrected chi connectivity index (χ4v) is 1.59. The van der Waals surface area contributed by atoms with Crippen molar-refractivity contribution in [1.29, 1.82) is 0 Å². The van der Waals surface area contributed by atoms with E-state index >= 15 is 0 Å². The van der Waals surface area contributed by atoms with Crippen LogP contribution in [0.1, 0.15) is 16.7 Å². The van der Waals surface area contributed by atoms with Crippen LogP contribution in [0.4, 0.5) is 0 Å². The molecular weight excluding hydrogens is 212 g/mol. The van der Waals surface area contributed by atoms with Gasteiger partial charge in [-0.25, -0.2) is 0 Å². The zero-order valence-corrected chi connectivity index (χ0v) is 10.1. The molecule has 0 unspecified atom stereocenters. The fourth-order valence-electron chi connectivity index (χ4n) is 1.59. The molecule has 0 aliphatic heterocycles. The molecule has 0 saturated carbocycles. The summed E-state index contributed by atoms with van der Waals surface area (Å²) in [5.74, 6) is 1.10. The average Bonchev–Trinajstić information content (AvgIpc) is 2.30. The first-order valence-electron chi connectivity index (χ1n) is 5.63. The third kappa shape index (κ3) is 3.00. The van der Waals surface area contributed by atoms with Crippen LogP contribution in [0.15, 0.2) is 42.5 Å². The number of benzene rings is 2. The number of phenolic OH excluding ortho intramolecular Hbond substituents is 1. The minimum absolute atomic E-state index is 0.289. The SMILES string of the molecule is Cc1ccc(OCc2ccc(C)cc2O)cc1. The zero-order valence-electron chi connectivity index (χ0n) is 10.1. The minimum atomic E-state index is 0.289. The Hall–Kier alpha value is -1.96. The van der Waals surface area contributed by atoms with E-state index in [1.807, 2.05) is 50.2 Å². The van der Waals surface area contributed by atoms with Crippen molar-refractivity contribution in [2.45, 2.75) is 20.5 Å². The van der Waals surface area contributed by atoms with Crippen LogP contribution >= 0.6 is 0 Å². The molecule has 0 saturated heterocycles. The smallest absolute Gasteiger partial charge is 0.122 e. The molecule has 0 fully saturated rings. The van der Waals surface area contributed by atoms with Gasteiger partial charge in [0.1, 0.15) is 18.1 Å². The van der Waals surface area contributed by atoms with E-state index in [-0.39, 0.29) is 5.75 Å². The lowest BCUT2D eigenvalue weighted by atomic mass is 10.1. The molecule has 0 radical (unpaired) electrons. The highest BCUT2D eigenvalue weighted by Gasteiger charge is 2.02. The Labute approximate surface area is 101 Å². The number of hydrogen-bond acceptors (Lipinski definition) is 2. The van der Waals surface area contributed by atoms with Gasteiger partial charge in [0.15, 0.2) is 0 Å². The molecule has 0 heterocycles. The fraction of sp³-hybridized carbons (Fsp3) is 0.200. The number of phenols is 1. The maximum absolute atomic E-state index is 9.73. The second-order valence-electron chi connectivity index (χ2n) is 4.23. The maximum Gasteiger partial charge on any atom is 0.122 e. The summed E-state index contributed by atoms with van der Waals surface area (Å²) in [4.78, 5) is 0. The highest BCUT2D eigenvalue weighted by Crippen LogP contribution is 2.21. The summed E-state index contributed by atoms with van der Waals surface area (Å²) < 4.78 is 5.61. The van der Waals surface area contributed by atoms with Crippen LogP contribution in [0, 0.1) is 13.8 Å². The van der Waals surface area contributed by atoms with Gasteiger partial charge < -0.3 is 9.84 Å². The minimum Gasteiger partial charge on any atom is -0.508 e. The highest BCUT2D eigenvalue weighted by atomic mass is 16.5. The van der Waals surface area contributed by atoms with Gasteiger partial charge in [-0.15, -0.1) is 0 Å². The van der Waals surface area contributed by atoms with Gasteiger partial charge >= 0.3 is 0 Å². The van der Waals surface area contributed by atoms with E-state index in [4.69, 9.17) is 4.74 Å². The standard InChI is InChI=1S/C15H16O2/c1-11-4-7-14(8-5-11)17-10-13-6-3-12(2)9-15(13)16/h3-9,16H,10H2,1-2H3. The molecular formula is C15H16O2. The molecule has 0 aliphatic rings. The van der Waals surface area contributed by atoms with Gasteiger partial charge in [-0.05, 0) is 37.6 Å². The van der Waals surface area contributed by atoms with Crippen molar-refractivity contribution in [3.8, 4) is 11.5 Å². The van der Waals surface area contributed by atoms with Gasteiger partial charge in [0, 0.05) is 5.56 Å². The van der Waals surface area contributed by atoms with Crippen LogP contribution < -0.4 is 4.74 Å². The first kappa shape index (κ1) is 11.5. The molecule has 0 amide bonds. The van der Waals surface area contributed by atoms with Crippen LogP contribution in [0.3, 0.4) is 0 Å². The first-order chi connectivity index (χ1) is 8.15. The van der Waals surface area contributed by atoms with Gasteiger partial charge in [-0.3, -0.25) is 0 Å². The number of aromatic hydroxyl groups is 1. The predicted molar refractivity (Wildman–Crippen MR) is 68.4 cm³/mol. The van der Waals surface area contributed by atoms with E-state index < -0.39 is 0 Å². The summed E-state index contributed by atoms with van der Waals surface area (Å²) in [5.41, 5.74) is 3.05. The van der Waals surface area contributed by atoms with Crippen LogP contribution in [0.25, 0.3) is 0 Å². The van der Waals surface area contributed by atoms with Gasteiger partial charge in [-0.2, -0.15) is 0 Å². The van der Waals surface area contributed by atoms with E-state index in [0.29, 0.717) is 6.61 Å². The maximum atomic E-state index is 9.73. The summed E-state index contributed by atoms with van der Waals surface area (Å²) in [6.45, 7) is 4.37.